The van der Waals surface area contributed by atoms with Gasteiger partial charge in [0, 0.05) is 12.6 Å². The van der Waals surface area contributed by atoms with E-state index in [0.29, 0.717) is 19.0 Å². The molecule has 0 aromatic heterocycles. The van der Waals surface area contributed by atoms with Gasteiger partial charge in [-0.2, -0.15) is 0 Å². The summed E-state index contributed by atoms with van der Waals surface area (Å²) in [5.41, 5.74) is 0. The number of carbonyl (C=O) groups is 2. The number of urea groups is 1. The fourth-order valence-electron chi connectivity index (χ4n) is 4.25. The van der Waals surface area contributed by atoms with E-state index in [1.807, 2.05) is 0 Å². The van der Waals surface area contributed by atoms with Crippen LogP contribution in [0.2, 0.25) is 0 Å². The number of carbonyl (C=O) groups excluding carboxylic acids is 1. The van der Waals surface area contributed by atoms with Crippen LogP contribution in [-0.2, 0) is 4.79 Å². The van der Waals surface area contributed by atoms with Crippen molar-refractivity contribution in [1.82, 2.24) is 10.6 Å². The van der Waals surface area contributed by atoms with Gasteiger partial charge in [0.05, 0.1) is 5.92 Å². The van der Waals surface area contributed by atoms with Crippen molar-refractivity contribution in [3.8, 4) is 0 Å². The molecule has 3 aliphatic carbocycles. The molecule has 106 valence electrons. The first-order valence-electron chi connectivity index (χ1n) is 7.35. The smallest absolute Gasteiger partial charge is 0.315 e. The molecule has 5 unspecified atom stereocenters. The second-order valence-corrected chi connectivity index (χ2v) is 6.44. The Labute approximate surface area is 113 Å². The van der Waals surface area contributed by atoms with Crippen molar-refractivity contribution in [3.63, 3.8) is 0 Å². The summed E-state index contributed by atoms with van der Waals surface area (Å²) in [5, 5.41) is 14.6. The Morgan fingerprint density at radius 2 is 1.89 bits per heavy atom. The number of hydrogen-bond acceptors (Lipinski definition) is 2. The first-order chi connectivity index (χ1) is 9.08. The maximum absolute atomic E-state index is 11.7. The van der Waals surface area contributed by atoms with Gasteiger partial charge < -0.3 is 15.7 Å². The molecule has 0 aliphatic heterocycles. The number of rotatable bonds is 5. The molecule has 0 aromatic carbocycles. The third-order valence-corrected chi connectivity index (χ3v) is 5.32. The van der Waals surface area contributed by atoms with Gasteiger partial charge in [-0.25, -0.2) is 4.79 Å². The molecule has 19 heavy (non-hydrogen) atoms. The molecule has 5 atom stereocenters. The zero-order valence-electron chi connectivity index (χ0n) is 11.3. The maximum atomic E-state index is 11.7. The van der Waals surface area contributed by atoms with E-state index in [9.17, 15) is 9.59 Å². The van der Waals surface area contributed by atoms with Crippen LogP contribution >= 0.6 is 0 Å². The fourth-order valence-corrected chi connectivity index (χ4v) is 4.25. The first kappa shape index (κ1) is 12.8. The average Bonchev–Trinajstić information content (AvgIpc) is 2.76. The molecular weight excluding hydrogens is 244 g/mol. The van der Waals surface area contributed by atoms with Gasteiger partial charge in [0.25, 0.3) is 0 Å². The van der Waals surface area contributed by atoms with Crippen molar-refractivity contribution in [3.05, 3.63) is 0 Å². The Bertz CT molecular complexity index is 382. The fraction of sp³-hybridized carbons (Fsp3) is 0.857. The number of nitrogens with one attached hydrogen (secondary N) is 2. The van der Waals surface area contributed by atoms with E-state index in [2.05, 4.69) is 10.6 Å². The molecule has 5 nitrogen and oxygen atoms in total. The zero-order chi connectivity index (χ0) is 13.6. The molecule has 2 amide bonds. The van der Waals surface area contributed by atoms with Crippen molar-refractivity contribution in [2.75, 3.05) is 6.54 Å². The molecule has 3 N–H and O–H groups in total. The number of amides is 2. The van der Waals surface area contributed by atoms with Crippen LogP contribution < -0.4 is 10.6 Å². The average molecular weight is 266 g/mol. The predicted octanol–water partition coefficient (Wildman–Crippen LogP) is 1.44. The van der Waals surface area contributed by atoms with Crippen LogP contribution in [0.5, 0.6) is 0 Å². The van der Waals surface area contributed by atoms with Crippen molar-refractivity contribution < 1.29 is 14.7 Å². The van der Waals surface area contributed by atoms with Gasteiger partial charge in [-0.1, -0.05) is 6.92 Å². The summed E-state index contributed by atoms with van der Waals surface area (Å²) in [6.07, 6.45) is 4.56. The highest BCUT2D eigenvalue weighted by Gasteiger charge is 2.65. The van der Waals surface area contributed by atoms with Crippen LogP contribution in [-0.4, -0.2) is 29.7 Å². The molecule has 3 saturated carbocycles. The third kappa shape index (κ3) is 2.30. The molecule has 0 radical (unpaired) electrons. The Hall–Kier alpha value is -1.26. The molecule has 0 aromatic rings. The number of aliphatic carboxylic acids is 1. The van der Waals surface area contributed by atoms with E-state index in [-0.39, 0.29) is 6.03 Å². The van der Waals surface area contributed by atoms with Crippen LogP contribution in [0.1, 0.15) is 32.6 Å². The van der Waals surface area contributed by atoms with Crippen LogP contribution in [0, 0.1) is 29.6 Å². The number of carboxylic acids is 1. The van der Waals surface area contributed by atoms with E-state index >= 15 is 0 Å². The Morgan fingerprint density at radius 3 is 2.47 bits per heavy atom. The highest BCUT2D eigenvalue weighted by atomic mass is 16.4. The van der Waals surface area contributed by atoms with Gasteiger partial charge in [-0.3, -0.25) is 4.79 Å². The predicted molar refractivity (Wildman–Crippen MR) is 69.6 cm³/mol. The number of hydrogen-bond donors (Lipinski definition) is 3. The van der Waals surface area contributed by atoms with E-state index in [4.69, 9.17) is 5.11 Å². The quantitative estimate of drug-likeness (QED) is 0.704. The molecule has 0 saturated heterocycles. The van der Waals surface area contributed by atoms with E-state index in [1.165, 1.54) is 19.3 Å². The lowest BCUT2D eigenvalue weighted by Gasteiger charge is -2.12. The number of fused-ring (bicyclic) bond motifs is 5. The molecular formula is C14H22N2O3. The van der Waals surface area contributed by atoms with Gasteiger partial charge in [-0.05, 0) is 49.4 Å². The summed E-state index contributed by atoms with van der Waals surface area (Å²) in [6, 6.07) is 0.263. The lowest BCUT2D eigenvalue weighted by atomic mass is 10.0. The minimum atomic E-state index is -0.810. The Kier molecular flexibility index (Phi) is 3.15. The largest absolute Gasteiger partial charge is 0.481 e. The standard InChI is InChI=1S/C14H22N2O3/c1-7(13(17)18)4-5-15-14(19)16-12-10-8-2-3-9(6-8)11(10)12/h7-12H,2-6H2,1H3,(H,17,18)(H2,15,16,19). The molecule has 3 rings (SSSR count). The van der Waals surface area contributed by atoms with Crippen LogP contribution in [0.25, 0.3) is 0 Å². The van der Waals surface area contributed by atoms with E-state index in [1.54, 1.807) is 6.92 Å². The molecule has 3 aliphatic rings. The van der Waals surface area contributed by atoms with Crippen LogP contribution in [0.4, 0.5) is 4.79 Å². The molecule has 2 bridgehead atoms. The van der Waals surface area contributed by atoms with Crippen molar-refractivity contribution in [1.29, 1.82) is 0 Å². The highest BCUT2D eigenvalue weighted by molar-refractivity contribution is 5.75. The summed E-state index contributed by atoms with van der Waals surface area (Å²) in [6.45, 7) is 2.08. The van der Waals surface area contributed by atoms with Crippen molar-refractivity contribution in [2.24, 2.45) is 29.6 Å². The highest BCUT2D eigenvalue weighted by Crippen LogP contribution is 2.65. The Morgan fingerprint density at radius 1 is 1.26 bits per heavy atom. The topological polar surface area (TPSA) is 78.4 Å². The summed E-state index contributed by atoms with van der Waals surface area (Å²) in [7, 11) is 0. The zero-order valence-corrected chi connectivity index (χ0v) is 11.3. The third-order valence-electron chi connectivity index (χ3n) is 5.32. The normalized spacial score (nSPS) is 39.5. The summed E-state index contributed by atoms with van der Waals surface area (Å²) < 4.78 is 0. The second-order valence-electron chi connectivity index (χ2n) is 6.44. The van der Waals surface area contributed by atoms with E-state index < -0.39 is 11.9 Å². The molecule has 3 fully saturated rings. The first-order valence-corrected chi connectivity index (χ1v) is 7.35. The minimum absolute atomic E-state index is 0.128. The minimum Gasteiger partial charge on any atom is -0.481 e. The van der Waals surface area contributed by atoms with Gasteiger partial charge in [0.1, 0.15) is 0 Å². The van der Waals surface area contributed by atoms with Crippen LogP contribution in [0.3, 0.4) is 0 Å². The summed E-state index contributed by atoms with van der Waals surface area (Å²) in [4.78, 5) is 22.4. The molecule has 0 heterocycles. The lowest BCUT2D eigenvalue weighted by molar-refractivity contribution is -0.141. The molecule has 5 heteroatoms. The van der Waals surface area contributed by atoms with Gasteiger partial charge in [0.2, 0.25) is 0 Å². The molecule has 0 spiro atoms. The van der Waals surface area contributed by atoms with Gasteiger partial charge in [-0.15, -0.1) is 0 Å². The summed E-state index contributed by atoms with van der Waals surface area (Å²) >= 11 is 0. The van der Waals surface area contributed by atoms with Crippen molar-refractivity contribution >= 4 is 12.0 Å². The second kappa shape index (κ2) is 4.69. The monoisotopic (exact) mass is 266 g/mol. The van der Waals surface area contributed by atoms with Crippen molar-refractivity contribution in [2.45, 2.75) is 38.6 Å². The lowest BCUT2D eigenvalue weighted by Crippen LogP contribution is -2.39. The SMILES string of the molecule is CC(CCNC(=O)NC1C2C3CCC(C3)C12)C(=O)O. The Balaban J connectivity index is 1.36. The van der Waals surface area contributed by atoms with Gasteiger partial charge >= 0.3 is 12.0 Å². The van der Waals surface area contributed by atoms with E-state index in [0.717, 1.165) is 23.7 Å². The summed E-state index contributed by atoms with van der Waals surface area (Å²) in [5.74, 6) is 1.97. The van der Waals surface area contributed by atoms with Crippen LogP contribution in [0.15, 0.2) is 0 Å². The maximum Gasteiger partial charge on any atom is 0.315 e. The van der Waals surface area contributed by atoms with Gasteiger partial charge in [0.15, 0.2) is 0 Å². The number of carboxylic acid groups (broad SMARTS) is 1.